The first-order valence-electron chi connectivity index (χ1n) is 5.64. The number of ether oxygens (including phenoxy) is 3. The minimum Gasteiger partial charge on any atom is -0.495 e. The van der Waals surface area contributed by atoms with Gasteiger partial charge in [0.1, 0.15) is 12.7 Å². The Balaban J connectivity index is 1.70. The van der Waals surface area contributed by atoms with Gasteiger partial charge < -0.3 is 14.2 Å². The predicted octanol–water partition coefficient (Wildman–Crippen LogP) is 1.92. The number of carbonyl (C=O) groups excluding carboxylic acids is 1. The molecule has 0 aromatic heterocycles. The average molecular weight is 224 g/mol. The fraction of sp³-hybridized carbons (Fsp3) is 0.583. The second kappa shape index (κ2) is 5.58. The summed E-state index contributed by atoms with van der Waals surface area (Å²) in [6.07, 6.45) is 10.1. The third-order valence-electron chi connectivity index (χ3n) is 2.63. The van der Waals surface area contributed by atoms with E-state index in [2.05, 4.69) is 0 Å². The first-order chi connectivity index (χ1) is 7.86. The summed E-state index contributed by atoms with van der Waals surface area (Å²) in [5.41, 5.74) is 0. The maximum Gasteiger partial charge on any atom is 0.347 e. The van der Waals surface area contributed by atoms with Crippen molar-refractivity contribution in [1.29, 1.82) is 0 Å². The molecule has 0 saturated carbocycles. The Morgan fingerprint density at radius 1 is 1.19 bits per heavy atom. The molecule has 0 unspecified atom stereocenters. The van der Waals surface area contributed by atoms with Crippen molar-refractivity contribution in [2.75, 3.05) is 6.61 Å². The Hall–Kier alpha value is -1.45. The largest absolute Gasteiger partial charge is 0.495 e. The highest BCUT2D eigenvalue weighted by atomic mass is 16.6. The van der Waals surface area contributed by atoms with Crippen LogP contribution < -0.4 is 0 Å². The molecule has 88 valence electrons. The van der Waals surface area contributed by atoms with Gasteiger partial charge in [0.05, 0.1) is 12.5 Å². The minimum absolute atomic E-state index is 0.00640. The van der Waals surface area contributed by atoms with E-state index in [0.717, 1.165) is 19.3 Å². The van der Waals surface area contributed by atoms with Crippen molar-refractivity contribution in [2.45, 2.75) is 37.9 Å². The zero-order chi connectivity index (χ0) is 11.2. The molecule has 4 heteroatoms. The molecule has 2 heterocycles. The monoisotopic (exact) mass is 224 g/mol. The molecule has 0 aliphatic carbocycles. The maximum absolute atomic E-state index is 11.6. The predicted molar refractivity (Wildman–Crippen MR) is 57.5 cm³/mol. The fourth-order valence-electron chi connectivity index (χ4n) is 1.68. The number of esters is 1. The summed E-state index contributed by atoms with van der Waals surface area (Å²) in [5, 5.41) is 0. The van der Waals surface area contributed by atoms with E-state index in [0.29, 0.717) is 13.0 Å². The third-order valence-corrected chi connectivity index (χ3v) is 2.63. The fourth-order valence-corrected chi connectivity index (χ4v) is 1.68. The van der Waals surface area contributed by atoms with Crippen molar-refractivity contribution in [3.8, 4) is 0 Å². The van der Waals surface area contributed by atoms with E-state index in [9.17, 15) is 4.79 Å². The van der Waals surface area contributed by atoms with Crippen molar-refractivity contribution < 1.29 is 19.0 Å². The summed E-state index contributed by atoms with van der Waals surface area (Å²) in [7, 11) is 0. The van der Waals surface area contributed by atoms with Crippen molar-refractivity contribution in [1.82, 2.24) is 0 Å². The molecule has 0 spiro atoms. The van der Waals surface area contributed by atoms with Gasteiger partial charge >= 0.3 is 5.97 Å². The standard InChI is InChI=1S/C12H16O4/c13-12(11-6-2-4-8-15-11)16-9-10-5-1-3-7-14-10/h3-4,7-8,10-11H,1-2,5-6,9H2/t10-,11+/m0/s1. The summed E-state index contributed by atoms with van der Waals surface area (Å²) in [6.45, 7) is 0.312. The molecule has 4 nitrogen and oxygen atoms in total. The van der Waals surface area contributed by atoms with Crippen LogP contribution in [0, 0.1) is 0 Å². The van der Waals surface area contributed by atoms with Crippen LogP contribution in [0.15, 0.2) is 24.7 Å². The molecule has 0 bridgehead atoms. The van der Waals surface area contributed by atoms with E-state index in [-0.39, 0.29) is 12.1 Å². The zero-order valence-electron chi connectivity index (χ0n) is 9.13. The summed E-state index contributed by atoms with van der Waals surface area (Å²) in [6, 6.07) is 0. The van der Waals surface area contributed by atoms with Crippen molar-refractivity contribution in [3.63, 3.8) is 0 Å². The van der Waals surface area contributed by atoms with Gasteiger partial charge in [-0.05, 0) is 37.8 Å². The molecule has 0 aromatic rings. The molecule has 2 rings (SSSR count). The molecule has 0 radical (unpaired) electrons. The van der Waals surface area contributed by atoms with E-state index in [1.807, 2.05) is 12.2 Å². The van der Waals surface area contributed by atoms with Gasteiger partial charge in [-0.15, -0.1) is 0 Å². The van der Waals surface area contributed by atoms with Gasteiger partial charge in [-0.2, -0.15) is 0 Å². The molecular formula is C12H16O4. The van der Waals surface area contributed by atoms with E-state index >= 15 is 0 Å². The lowest BCUT2D eigenvalue weighted by atomic mass is 10.1. The smallest absolute Gasteiger partial charge is 0.347 e. The number of rotatable bonds is 3. The first-order valence-corrected chi connectivity index (χ1v) is 5.64. The molecule has 0 saturated heterocycles. The van der Waals surface area contributed by atoms with Gasteiger partial charge in [0.25, 0.3) is 0 Å². The number of allylic oxidation sites excluding steroid dienone is 2. The van der Waals surface area contributed by atoms with Crippen LogP contribution >= 0.6 is 0 Å². The third kappa shape index (κ3) is 3.02. The van der Waals surface area contributed by atoms with Crippen LogP contribution in [0.1, 0.15) is 25.7 Å². The van der Waals surface area contributed by atoms with Crippen molar-refractivity contribution >= 4 is 5.97 Å². The highest BCUT2D eigenvalue weighted by Gasteiger charge is 2.23. The Kier molecular flexibility index (Phi) is 3.86. The van der Waals surface area contributed by atoms with Gasteiger partial charge in [-0.1, -0.05) is 0 Å². The number of hydrogen-bond acceptors (Lipinski definition) is 4. The van der Waals surface area contributed by atoms with Crippen LogP contribution in [0.4, 0.5) is 0 Å². The molecule has 0 aromatic carbocycles. The highest BCUT2D eigenvalue weighted by Crippen LogP contribution is 2.14. The van der Waals surface area contributed by atoms with E-state index < -0.39 is 6.10 Å². The first kappa shape index (κ1) is 11.0. The molecule has 2 aliphatic heterocycles. The van der Waals surface area contributed by atoms with Crippen molar-refractivity contribution in [3.05, 3.63) is 24.7 Å². The van der Waals surface area contributed by atoms with Gasteiger partial charge in [0, 0.05) is 0 Å². The van der Waals surface area contributed by atoms with Gasteiger partial charge in [-0.3, -0.25) is 0 Å². The van der Waals surface area contributed by atoms with Crippen LogP contribution in [0.3, 0.4) is 0 Å². The van der Waals surface area contributed by atoms with Crippen molar-refractivity contribution in [2.24, 2.45) is 0 Å². The zero-order valence-corrected chi connectivity index (χ0v) is 9.13. The Labute approximate surface area is 94.9 Å². The van der Waals surface area contributed by atoms with Gasteiger partial charge in [-0.25, -0.2) is 4.79 Å². The second-order valence-corrected chi connectivity index (χ2v) is 3.91. The molecule has 2 atom stereocenters. The van der Waals surface area contributed by atoms with Crippen LogP contribution in [-0.2, 0) is 19.0 Å². The summed E-state index contributed by atoms with van der Waals surface area (Å²) < 4.78 is 15.6. The van der Waals surface area contributed by atoms with Gasteiger partial charge in [0.2, 0.25) is 0 Å². The topological polar surface area (TPSA) is 44.8 Å². The highest BCUT2D eigenvalue weighted by molar-refractivity contribution is 5.74. The lowest BCUT2D eigenvalue weighted by Crippen LogP contribution is -2.30. The van der Waals surface area contributed by atoms with E-state index in [4.69, 9.17) is 14.2 Å². The molecular weight excluding hydrogens is 208 g/mol. The van der Waals surface area contributed by atoms with Crippen LogP contribution in [-0.4, -0.2) is 24.8 Å². The van der Waals surface area contributed by atoms with Gasteiger partial charge in [0.15, 0.2) is 6.10 Å². The SMILES string of the molecule is O=C(OC[C@@H]1CCC=CO1)[C@H]1CCC=CO1. The second-order valence-electron chi connectivity index (χ2n) is 3.91. The van der Waals surface area contributed by atoms with Crippen LogP contribution in [0.2, 0.25) is 0 Å². The lowest BCUT2D eigenvalue weighted by molar-refractivity contribution is -0.158. The number of carbonyl (C=O) groups is 1. The van der Waals surface area contributed by atoms with Crippen LogP contribution in [0.5, 0.6) is 0 Å². The Morgan fingerprint density at radius 3 is 2.56 bits per heavy atom. The Bertz CT molecular complexity index is 295. The molecule has 2 aliphatic rings. The molecule has 16 heavy (non-hydrogen) atoms. The summed E-state index contributed by atoms with van der Waals surface area (Å²) in [5.74, 6) is -0.289. The van der Waals surface area contributed by atoms with E-state index in [1.165, 1.54) is 0 Å². The summed E-state index contributed by atoms with van der Waals surface area (Å²) >= 11 is 0. The average Bonchev–Trinajstić information content (AvgIpc) is 2.38. The Morgan fingerprint density at radius 2 is 1.94 bits per heavy atom. The number of hydrogen-bond donors (Lipinski definition) is 0. The molecule has 0 fully saturated rings. The maximum atomic E-state index is 11.6. The quantitative estimate of drug-likeness (QED) is 0.687. The molecule has 0 amide bonds. The summed E-state index contributed by atoms with van der Waals surface area (Å²) in [4.78, 5) is 11.6. The lowest BCUT2D eigenvalue weighted by Gasteiger charge is -2.22. The van der Waals surface area contributed by atoms with Crippen LogP contribution in [0.25, 0.3) is 0 Å². The molecule has 0 N–H and O–H groups in total. The van der Waals surface area contributed by atoms with E-state index in [1.54, 1.807) is 12.5 Å². The minimum atomic E-state index is -0.441. The normalized spacial score (nSPS) is 28.0.